The van der Waals surface area contributed by atoms with Gasteiger partial charge in [0.2, 0.25) is 0 Å². The Kier molecular flexibility index (Phi) is 5.91. The predicted molar refractivity (Wildman–Crippen MR) is 110 cm³/mol. The van der Waals surface area contributed by atoms with Gasteiger partial charge in [-0.3, -0.25) is 0 Å². The van der Waals surface area contributed by atoms with Gasteiger partial charge in [0.1, 0.15) is 11.6 Å². The zero-order valence-electron chi connectivity index (χ0n) is 14.6. The molecular weight excluding hydrogens is 392 g/mol. The summed E-state index contributed by atoms with van der Waals surface area (Å²) in [6.45, 7) is 4.28. The second-order valence-electron chi connectivity index (χ2n) is 6.05. The molecule has 4 nitrogen and oxygen atoms in total. The number of nitrogens with zero attached hydrogens (tertiary/aromatic N) is 1. The van der Waals surface area contributed by atoms with E-state index >= 15 is 0 Å². The zero-order valence-corrected chi connectivity index (χ0v) is 16.2. The van der Waals surface area contributed by atoms with Gasteiger partial charge in [0, 0.05) is 18.4 Å². The molecule has 3 aromatic rings. The lowest BCUT2D eigenvalue weighted by molar-refractivity contribution is 0.224. The Morgan fingerprint density at radius 1 is 1.19 bits per heavy atom. The third-order valence-corrected chi connectivity index (χ3v) is 4.78. The van der Waals surface area contributed by atoms with Crippen LogP contribution in [-0.2, 0) is 13.0 Å². The van der Waals surface area contributed by atoms with Crippen LogP contribution in [0.5, 0.6) is 5.75 Å². The number of nitrogens with one attached hydrogen (secondary N) is 1. The van der Waals surface area contributed by atoms with Gasteiger partial charge in [-0.2, -0.15) is 0 Å². The number of aliphatic hydroxyl groups excluding tert-OH is 1. The Hall–Kier alpha value is -2.37. The molecule has 1 aromatic heterocycles. The summed E-state index contributed by atoms with van der Waals surface area (Å²) < 4.78 is 6.10. The topological polar surface area (TPSA) is 54.4 Å². The summed E-state index contributed by atoms with van der Waals surface area (Å²) in [6.07, 6.45) is 1.53. The smallest absolute Gasteiger partial charge is 0.141 e. The Bertz CT molecular complexity index is 910. The summed E-state index contributed by atoms with van der Waals surface area (Å²) in [5.41, 5.74) is 3.06. The number of benzene rings is 2. The second kappa shape index (κ2) is 8.34. The maximum absolute atomic E-state index is 9.76. The molecule has 3 rings (SSSR count). The zero-order chi connectivity index (χ0) is 18.5. The van der Waals surface area contributed by atoms with Crippen molar-refractivity contribution in [1.82, 2.24) is 4.98 Å². The highest BCUT2D eigenvalue weighted by Crippen LogP contribution is 2.27. The monoisotopic (exact) mass is 412 g/mol. The molecule has 1 atom stereocenters. The van der Waals surface area contributed by atoms with Gasteiger partial charge < -0.3 is 15.2 Å². The maximum atomic E-state index is 9.76. The molecule has 5 heteroatoms. The number of pyridine rings is 1. The van der Waals surface area contributed by atoms with Crippen molar-refractivity contribution < 1.29 is 9.84 Å². The number of rotatable bonds is 7. The second-order valence-corrected chi connectivity index (χ2v) is 6.91. The predicted octanol–water partition coefficient (Wildman–Crippen LogP) is 4.71. The molecule has 0 aliphatic carbocycles. The van der Waals surface area contributed by atoms with E-state index in [-0.39, 0.29) is 0 Å². The molecule has 2 aromatic carbocycles. The van der Waals surface area contributed by atoms with Crippen LogP contribution >= 0.6 is 15.9 Å². The normalized spacial score (nSPS) is 12.0. The minimum absolute atomic E-state index is 0.534. The summed E-state index contributed by atoms with van der Waals surface area (Å²) in [4.78, 5) is 4.73. The Morgan fingerprint density at radius 3 is 2.62 bits per heavy atom. The highest BCUT2D eigenvalue weighted by atomic mass is 79.9. The largest absolute Gasteiger partial charge is 0.497 e. The fourth-order valence-electron chi connectivity index (χ4n) is 2.69. The molecule has 0 bridgehead atoms. The minimum Gasteiger partial charge on any atom is -0.497 e. The van der Waals surface area contributed by atoms with Gasteiger partial charge in [-0.05, 0) is 51.3 Å². The first-order valence-corrected chi connectivity index (χ1v) is 9.15. The van der Waals surface area contributed by atoms with E-state index < -0.39 is 6.10 Å². The molecule has 0 amide bonds. The fraction of sp³-hybridized carbons (Fsp3) is 0.190. The number of methoxy groups -OCH3 is 1. The maximum Gasteiger partial charge on any atom is 0.141 e. The van der Waals surface area contributed by atoms with E-state index in [1.54, 1.807) is 13.2 Å². The number of fused-ring (bicyclic) bond motifs is 1. The van der Waals surface area contributed by atoms with Crippen LogP contribution in [0.1, 0.15) is 11.1 Å². The molecule has 1 heterocycles. The Labute approximate surface area is 161 Å². The number of anilines is 1. The van der Waals surface area contributed by atoms with Gasteiger partial charge in [0.05, 0.1) is 23.2 Å². The molecule has 0 saturated carbocycles. The van der Waals surface area contributed by atoms with Crippen LogP contribution in [0.4, 0.5) is 5.82 Å². The van der Waals surface area contributed by atoms with Crippen molar-refractivity contribution in [3.63, 3.8) is 0 Å². The summed E-state index contributed by atoms with van der Waals surface area (Å²) in [5, 5.41) is 14.2. The lowest BCUT2D eigenvalue weighted by Crippen LogP contribution is -2.06. The van der Waals surface area contributed by atoms with Gasteiger partial charge in [-0.1, -0.05) is 30.3 Å². The molecule has 134 valence electrons. The van der Waals surface area contributed by atoms with E-state index in [1.807, 2.05) is 48.5 Å². The first kappa shape index (κ1) is 18.4. The first-order chi connectivity index (χ1) is 12.6. The molecule has 0 saturated heterocycles. The van der Waals surface area contributed by atoms with E-state index in [1.165, 1.54) is 0 Å². The number of ether oxygens (including phenoxy) is 1. The highest BCUT2D eigenvalue weighted by molar-refractivity contribution is 9.10. The van der Waals surface area contributed by atoms with E-state index in [9.17, 15) is 5.11 Å². The molecular formula is C21H21BrN2O2. The molecule has 0 aliphatic heterocycles. The van der Waals surface area contributed by atoms with Crippen molar-refractivity contribution in [3.05, 3.63) is 76.8 Å². The third-order valence-electron chi connectivity index (χ3n) is 4.17. The van der Waals surface area contributed by atoms with Crippen LogP contribution in [0.15, 0.2) is 65.7 Å². The van der Waals surface area contributed by atoms with Gasteiger partial charge in [-0.15, -0.1) is 6.58 Å². The van der Waals surface area contributed by atoms with Crippen molar-refractivity contribution in [2.45, 2.75) is 19.1 Å². The molecule has 2 N–H and O–H groups in total. The molecule has 0 radical (unpaired) electrons. The molecule has 0 spiro atoms. The molecule has 1 unspecified atom stereocenters. The van der Waals surface area contributed by atoms with Crippen molar-refractivity contribution in [2.24, 2.45) is 0 Å². The van der Waals surface area contributed by atoms with E-state index in [4.69, 9.17) is 9.72 Å². The van der Waals surface area contributed by atoms with E-state index in [2.05, 4.69) is 27.8 Å². The summed E-state index contributed by atoms with van der Waals surface area (Å²) in [7, 11) is 1.66. The molecule has 0 aliphatic rings. The fourth-order valence-corrected chi connectivity index (χ4v) is 3.17. The lowest BCUT2D eigenvalue weighted by atomic mass is 10.1. The average molecular weight is 413 g/mol. The minimum atomic E-state index is -0.546. The molecule has 26 heavy (non-hydrogen) atoms. The first-order valence-electron chi connectivity index (χ1n) is 8.35. The van der Waals surface area contributed by atoms with E-state index in [0.717, 1.165) is 38.1 Å². The van der Waals surface area contributed by atoms with Crippen molar-refractivity contribution in [1.29, 1.82) is 0 Å². The quantitative estimate of drug-likeness (QED) is 0.551. The summed E-state index contributed by atoms with van der Waals surface area (Å²) >= 11 is 3.59. The summed E-state index contributed by atoms with van der Waals surface area (Å²) in [5.74, 6) is 1.63. The van der Waals surface area contributed by atoms with Gasteiger partial charge in [-0.25, -0.2) is 4.98 Å². The number of hydrogen-bond acceptors (Lipinski definition) is 4. The summed E-state index contributed by atoms with van der Waals surface area (Å²) in [6, 6.07) is 16.0. The number of aromatic nitrogens is 1. The van der Waals surface area contributed by atoms with Gasteiger partial charge >= 0.3 is 0 Å². The van der Waals surface area contributed by atoms with Crippen LogP contribution < -0.4 is 10.1 Å². The Balaban J connectivity index is 1.80. The lowest BCUT2D eigenvalue weighted by Gasteiger charge is -2.11. The number of aliphatic hydroxyl groups is 1. The van der Waals surface area contributed by atoms with Crippen LogP contribution in [-0.4, -0.2) is 23.3 Å². The average Bonchev–Trinajstić information content (AvgIpc) is 2.67. The Morgan fingerprint density at radius 2 is 1.92 bits per heavy atom. The van der Waals surface area contributed by atoms with Crippen LogP contribution in [0, 0.1) is 0 Å². The van der Waals surface area contributed by atoms with Crippen LogP contribution in [0.3, 0.4) is 0 Å². The van der Waals surface area contributed by atoms with Gasteiger partial charge in [0.15, 0.2) is 0 Å². The van der Waals surface area contributed by atoms with Crippen molar-refractivity contribution in [2.75, 3.05) is 12.4 Å². The molecule has 0 fully saturated rings. The SMILES string of the molecule is C=CC(O)Cc1ccc2cc(Br)c(NCc3ccc(OC)cc3)nc2c1. The third kappa shape index (κ3) is 4.42. The number of halogens is 1. The van der Waals surface area contributed by atoms with Crippen molar-refractivity contribution in [3.8, 4) is 5.75 Å². The standard InChI is InChI=1S/C21H21BrN2O2/c1-3-17(25)10-15-4-7-16-12-19(22)21(24-20(16)11-15)23-13-14-5-8-18(26-2)9-6-14/h3-9,11-12,17,25H,1,10,13H2,2H3,(H,23,24). The van der Waals surface area contributed by atoms with Gasteiger partial charge in [0.25, 0.3) is 0 Å². The van der Waals surface area contributed by atoms with Crippen molar-refractivity contribution >= 4 is 32.7 Å². The van der Waals surface area contributed by atoms with Crippen LogP contribution in [0.25, 0.3) is 10.9 Å². The van der Waals surface area contributed by atoms with E-state index in [0.29, 0.717) is 13.0 Å². The number of hydrogen-bond donors (Lipinski definition) is 2. The van der Waals surface area contributed by atoms with Crippen LogP contribution in [0.2, 0.25) is 0 Å². The highest BCUT2D eigenvalue weighted by Gasteiger charge is 2.07.